The fraction of sp³-hybridized carbons (Fsp3) is 0.312. The van der Waals surface area contributed by atoms with Crippen molar-refractivity contribution >= 4 is 5.91 Å². The molecule has 1 aliphatic heterocycles. The number of H-pyrrole nitrogens is 1. The number of hydrogen-bond acceptors (Lipinski definition) is 4. The van der Waals surface area contributed by atoms with Crippen molar-refractivity contribution < 1.29 is 4.79 Å². The van der Waals surface area contributed by atoms with E-state index in [2.05, 4.69) is 21.5 Å². The second kappa shape index (κ2) is 6.31. The number of nitriles is 1. The van der Waals surface area contributed by atoms with Crippen molar-refractivity contribution in [3.63, 3.8) is 0 Å². The first kappa shape index (κ1) is 14.1. The van der Waals surface area contributed by atoms with Gasteiger partial charge in [-0.05, 0) is 12.3 Å². The molecule has 1 aromatic heterocycles. The van der Waals surface area contributed by atoms with Crippen molar-refractivity contribution in [2.45, 2.75) is 6.42 Å². The standard InChI is InChI=1S/C16H17N5O/c17-11-21-7-6-12(10-21)8-19-16(22)14-9-18-15(20-14)13-4-2-1-3-5-13/h1-5,9,12H,6-8,10H2,(H,18,20)(H,19,22). The van der Waals surface area contributed by atoms with Gasteiger partial charge in [-0.2, -0.15) is 5.26 Å². The quantitative estimate of drug-likeness (QED) is 0.839. The minimum absolute atomic E-state index is 0.162. The summed E-state index contributed by atoms with van der Waals surface area (Å²) in [5, 5.41) is 11.7. The van der Waals surface area contributed by atoms with E-state index in [1.807, 2.05) is 30.3 Å². The van der Waals surface area contributed by atoms with Crippen molar-refractivity contribution in [1.82, 2.24) is 20.2 Å². The van der Waals surface area contributed by atoms with Gasteiger partial charge in [-0.1, -0.05) is 30.3 Å². The number of nitrogens with one attached hydrogen (secondary N) is 2. The maximum atomic E-state index is 12.1. The smallest absolute Gasteiger partial charge is 0.269 e. The van der Waals surface area contributed by atoms with Gasteiger partial charge in [0.1, 0.15) is 11.5 Å². The van der Waals surface area contributed by atoms with E-state index in [1.54, 1.807) is 11.1 Å². The maximum absolute atomic E-state index is 12.1. The Hall–Kier alpha value is -2.81. The van der Waals surface area contributed by atoms with Gasteiger partial charge in [0.2, 0.25) is 0 Å². The molecule has 2 heterocycles. The zero-order valence-electron chi connectivity index (χ0n) is 12.1. The second-order valence-electron chi connectivity index (χ2n) is 5.42. The minimum atomic E-state index is -0.162. The summed E-state index contributed by atoms with van der Waals surface area (Å²) < 4.78 is 0. The molecule has 1 saturated heterocycles. The molecule has 0 spiro atoms. The molecule has 1 fully saturated rings. The predicted molar refractivity (Wildman–Crippen MR) is 81.6 cm³/mol. The molecule has 0 saturated carbocycles. The SMILES string of the molecule is N#CN1CCC(CNC(=O)c2cnc(-c3ccccc3)[nH]2)C1. The van der Waals surface area contributed by atoms with Gasteiger partial charge in [-0.3, -0.25) is 4.79 Å². The first-order chi connectivity index (χ1) is 10.8. The van der Waals surface area contributed by atoms with Crippen molar-refractivity contribution in [1.29, 1.82) is 5.26 Å². The van der Waals surface area contributed by atoms with E-state index >= 15 is 0 Å². The molecule has 0 aliphatic carbocycles. The molecule has 112 valence electrons. The number of carbonyl (C=O) groups excluding carboxylic acids is 1. The van der Waals surface area contributed by atoms with E-state index in [0.717, 1.165) is 25.1 Å². The highest BCUT2D eigenvalue weighted by Crippen LogP contribution is 2.16. The van der Waals surface area contributed by atoms with Crippen LogP contribution in [0, 0.1) is 17.4 Å². The van der Waals surface area contributed by atoms with Crippen molar-refractivity contribution in [2.75, 3.05) is 19.6 Å². The highest BCUT2D eigenvalue weighted by molar-refractivity contribution is 5.92. The molecule has 0 bridgehead atoms. The van der Waals surface area contributed by atoms with E-state index in [1.165, 1.54) is 0 Å². The Balaban J connectivity index is 1.57. The molecular weight excluding hydrogens is 278 g/mol. The van der Waals surface area contributed by atoms with Crippen LogP contribution in [0.4, 0.5) is 0 Å². The van der Waals surface area contributed by atoms with E-state index in [-0.39, 0.29) is 5.91 Å². The van der Waals surface area contributed by atoms with Gasteiger partial charge in [-0.15, -0.1) is 0 Å². The zero-order valence-corrected chi connectivity index (χ0v) is 12.1. The number of amides is 1. The normalized spacial score (nSPS) is 17.2. The number of imidazole rings is 1. The van der Waals surface area contributed by atoms with Crippen LogP contribution in [0.2, 0.25) is 0 Å². The minimum Gasteiger partial charge on any atom is -0.350 e. The molecule has 1 amide bonds. The Labute approximate surface area is 128 Å². The Bertz CT molecular complexity index is 688. The summed E-state index contributed by atoms with van der Waals surface area (Å²) in [5.41, 5.74) is 1.40. The predicted octanol–water partition coefficient (Wildman–Crippen LogP) is 1.61. The van der Waals surface area contributed by atoms with Crippen LogP contribution in [0.15, 0.2) is 36.5 Å². The van der Waals surface area contributed by atoms with Gasteiger partial charge in [0, 0.05) is 25.2 Å². The highest BCUT2D eigenvalue weighted by Gasteiger charge is 2.22. The molecule has 2 aromatic rings. The maximum Gasteiger partial charge on any atom is 0.269 e. The van der Waals surface area contributed by atoms with Gasteiger partial charge in [0.05, 0.1) is 6.20 Å². The van der Waals surface area contributed by atoms with Crippen LogP contribution < -0.4 is 5.32 Å². The first-order valence-electron chi connectivity index (χ1n) is 7.29. The van der Waals surface area contributed by atoms with E-state index in [9.17, 15) is 4.79 Å². The average Bonchev–Trinajstić information content (AvgIpc) is 3.22. The number of rotatable bonds is 4. The average molecular weight is 295 g/mol. The summed E-state index contributed by atoms with van der Waals surface area (Å²) in [6.07, 6.45) is 4.63. The Morgan fingerprint density at radius 1 is 1.45 bits per heavy atom. The molecule has 1 aromatic carbocycles. The molecule has 1 aliphatic rings. The van der Waals surface area contributed by atoms with Gasteiger partial charge in [-0.25, -0.2) is 4.98 Å². The van der Waals surface area contributed by atoms with Crippen LogP contribution in [0.5, 0.6) is 0 Å². The fourth-order valence-corrected chi connectivity index (χ4v) is 2.60. The zero-order chi connectivity index (χ0) is 15.4. The van der Waals surface area contributed by atoms with Crippen LogP contribution in [0.1, 0.15) is 16.9 Å². The molecule has 1 atom stereocenters. The Kier molecular flexibility index (Phi) is 4.05. The van der Waals surface area contributed by atoms with E-state index in [4.69, 9.17) is 5.26 Å². The van der Waals surface area contributed by atoms with Crippen LogP contribution in [-0.2, 0) is 0 Å². The molecule has 6 nitrogen and oxygen atoms in total. The summed E-state index contributed by atoms with van der Waals surface area (Å²) in [7, 11) is 0. The lowest BCUT2D eigenvalue weighted by molar-refractivity contribution is 0.0943. The van der Waals surface area contributed by atoms with Gasteiger partial charge in [0.25, 0.3) is 5.91 Å². The lowest BCUT2D eigenvalue weighted by Crippen LogP contribution is -2.30. The monoisotopic (exact) mass is 295 g/mol. The summed E-state index contributed by atoms with van der Waals surface area (Å²) in [6, 6.07) is 9.68. The number of carbonyl (C=O) groups is 1. The summed E-state index contributed by atoms with van der Waals surface area (Å²) in [5.74, 6) is 0.854. The molecule has 1 unspecified atom stereocenters. The van der Waals surface area contributed by atoms with E-state index < -0.39 is 0 Å². The van der Waals surface area contributed by atoms with Gasteiger partial charge >= 0.3 is 0 Å². The highest BCUT2D eigenvalue weighted by atomic mass is 16.1. The molecule has 3 rings (SSSR count). The Morgan fingerprint density at radius 3 is 3.00 bits per heavy atom. The molecule has 0 radical (unpaired) electrons. The summed E-state index contributed by atoms with van der Waals surface area (Å²) in [4.78, 5) is 21.1. The number of nitrogens with zero attached hydrogens (tertiary/aromatic N) is 3. The number of aromatic nitrogens is 2. The number of hydrogen-bond donors (Lipinski definition) is 2. The lowest BCUT2D eigenvalue weighted by atomic mass is 10.1. The number of benzene rings is 1. The molecular formula is C16H17N5O. The number of likely N-dealkylation sites (tertiary alicyclic amines) is 1. The third-order valence-electron chi connectivity index (χ3n) is 3.85. The van der Waals surface area contributed by atoms with Crippen molar-refractivity contribution in [2.24, 2.45) is 5.92 Å². The third kappa shape index (κ3) is 3.09. The molecule has 6 heteroatoms. The van der Waals surface area contributed by atoms with Crippen LogP contribution in [-0.4, -0.2) is 40.4 Å². The second-order valence-corrected chi connectivity index (χ2v) is 5.42. The summed E-state index contributed by atoms with van der Waals surface area (Å²) >= 11 is 0. The molecule has 2 N–H and O–H groups in total. The third-order valence-corrected chi connectivity index (χ3v) is 3.85. The first-order valence-corrected chi connectivity index (χ1v) is 7.29. The van der Waals surface area contributed by atoms with Crippen LogP contribution in [0.3, 0.4) is 0 Å². The molecule has 22 heavy (non-hydrogen) atoms. The lowest BCUT2D eigenvalue weighted by Gasteiger charge is -2.10. The van der Waals surface area contributed by atoms with E-state index in [0.29, 0.717) is 24.0 Å². The fourth-order valence-electron chi connectivity index (χ4n) is 2.60. The number of aromatic amines is 1. The van der Waals surface area contributed by atoms with Crippen LogP contribution >= 0.6 is 0 Å². The van der Waals surface area contributed by atoms with Crippen LogP contribution in [0.25, 0.3) is 11.4 Å². The van der Waals surface area contributed by atoms with Gasteiger partial charge in [0.15, 0.2) is 6.19 Å². The Morgan fingerprint density at radius 2 is 2.27 bits per heavy atom. The largest absolute Gasteiger partial charge is 0.350 e. The summed E-state index contributed by atoms with van der Waals surface area (Å²) in [6.45, 7) is 2.07. The van der Waals surface area contributed by atoms with Crippen molar-refractivity contribution in [3.05, 3.63) is 42.2 Å². The van der Waals surface area contributed by atoms with Gasteiger partial charge < -0.3 is 15.2 Å². The topological polar surface area (TPSA) is 84.8 Å². The van der Waals surface area contributed by atoms with Crippen molar-refractivity contribution in [3.8, 4) is 17.6 Å².